The van der Waals surface area contributed by atoms with E-state index in [0.717, 1.165) is 10.5 Å². The topological polar surface area (TPSA) is 74.7 Å². The van der Waals surface area contributed by atoms with E-state index in [9.17, 15) is 14.4 Å². The Labute approximate surface area is 98.4 Å². The summed E-state index contributed by atoms with van der Waals surface area (Å²) in [6.45, 7) is 1.35. The predicted molar refractivity (Wildman–Crippen MR) is 58.9 cm³/mol. The van der Waals surface area contributed by atoms with E-state index in [1.807, 2.05) is 18.2 Å². The second kappa shape index (κ2) is 4.16. The summed E-state index contributed by atoms with van der Waals surface area (Å²) in [6.07, 6.45) is 6.33. The monoisotopic (exact) mass is 235 g/mol. The van der Waals surface area contributed by atoms with E-state index in [0.29, 0.717) is 6.42 Å². The molecule has 17 heavy (non-hydrogen) atoms. The SMILES string of the molecule is CC(C(=O)O)N1C(=O)CC(C2=CC=CC2)C1=O. The minimum atomic E-state index is -1.16. The van der Waals surface area contributed by atoms with Crippen molar-refractivity contribution >= 4 is 17.8 Å². The van der Waals surface area contributed by atoms with E-state index < -0.39 is 23.8 Å². The lowest BCUT2D eigenvalue weighted by molar-refractivity contribution is -0.153. The second-order valence-electron chi connectivity index (χ2n) is 4.25. The molecule has 1 heterocycles. The first-order chi connectivity index (χ1) is 8.02. The number of allylic oxidation sites excluding steroid dienone is 3. The number of carbonyl (C=O) groups is 3. The maximum atomic E-state index is 12.0. The molecule has 90 valence electrons. The molecule has 5 nitrogen and oxygen atoms in total. The number of nitrogens with zero attached hydrogens (tertiary/aromatic N) is 1. The molecule has 5 heteroatoms. The zero-order valence-electron chi connectivity index (χ0n) is 9.42. The van der Waals surface area contributed by atoms with Gasteiger partial charge in [-0.1, -0.05) is 23.8 Å². The number of carbonyl (C=O) groups excluding carboxylic acids is 2. The van der Waals surface area contributed by atoms with E-state index in [-0.39, 0.29) is 12.3 Å². The van der Waals surface area contributed by atoms with E-state index in [1.165, 1.54) is 6.92 Å². The van der Waals surface area contributed by atoms with Crippen LogP contribution in [0.5, 0.6) is 0 Å². The summed E-state index contributed by atoms with van der Waals surface area (Å²) >= 11 is 0. The molecule has 2 atom stereocenters. The molecule has 2 amide bonds. The molecule has 1 aliphatic carbocycles. The van der Waals surface area contributed by atoms with Crippen molar-refractivity contribution in [3.05, 3.63) is 23.8 Å². The van der Waals surface area contributed by atoms with Gasteiger partial charge in [-0.25, -0.2) is 4.79 Å². The van der Waals surface area contributed by atoms with Crippen molar-refractivity contribution in [2.45, 2.75) is 25.8 Å². The largest absolute Gasteiger partial charge is 0.480 e. The van der Waals surface area contributed by atoms with Crippen LogP contribution in [-0.4, -0.2) is 33.8 Å². The summed E-state index contributed by atoms with van der Waals surface area (Å²) in [6, 6.07) is -1.09. The van der Waals surface area contributed by atoms with E-state index in [2.05, 4.69) is 0 Å². The molecule has 0 saturated carbocycles. The Bertz CT molecular complexity index is 449. The molecule has 0 aromatic rings. The molecule has 0 spiro atoms. The maximum absolute atomic E-state index is 12.0. The minimum Gasteiger partial charge on any atom is -0.480 e. The van der Waals surface area contributed by atoms with Gasteiger partial charge in [0, 0.05) is 6.42 Å². The van der Waals surface area contributed by atoms with Gasteiger partial charge in [0.2, 0.25) is 11.8 Å². The lowest BCUT2D eigenvalue weighted by Crippen LogP contribution is -2.43. The Kier molecular flexibility index (Phi) is 2.83. The van der Waals surface area contributed by atoms with Crippen molar-refractivity contribution in [2.24, 2.45) is 5.92 Å². The zero-order valence-corrected chi connectivity index (χ0v) is 9.42. The third-order valence-corrected chi connectivity index (χ3v) is 3.18. The Balaban J connectivity index is 2.19. The third kappa shape index (κ3) is 1.88. The number of imide groups is 1. The number of aliphatic carboxylic acids is 1. The summed E-state index contributed by atoms with van der Waals surface area (Å²) < 4.78 is 0. The van der Waals surface area contributed by atoms with Gasteiger partial charge in [0.05, 0.1) is 5.92 Å². The van der Waals surface area contributed by atoms with E-state index in [1.54, 1.807) is 0 Å². The molecule has 0 aromatic heterocycles. The molecule has 1 saturated heterocycles. The minimum absolute atomic E-state index is 0.0873. The van der Waals surface area contributed by atoms with Crippen molar-refractivity contribution in [2.75, 3.05) is 0 Å². The van der Waals surface area contributed by atoms with Crippen LogP contribution in [0.25, 0.3) is 0 Å². The van der Waals surface area contributed by atoms with Gasteiger partial charge < -0.3 is 5.11 Å². The first-order valence-electron chi connectivity index (χ1n) is 5.46. The summed E-state index contributed by atoms with van der Waals surface area (Å²) in [4.78, 5) is 35.4. The molecule has 0 radical (unpaired) electrons. The first kappa shape index (κ1) is 11.6. The maximum Gasteiger partial charge on any atom is 0.326 e. The van der Waals surface area contributed by atoms with Crippen LogP contribution in [0.2, 0.25) is 0 Å². The average molecular weight is 235 g/mol. The van der Waals surface area contributed by atoms with E-state index in [4.69, 9.17) is 5.11 Å². The van der Waals surface area contributed by atoms with Crippen molar-refractivity contribution in [3.63, 3.8) is 0 Å². The number of likely N-dealkylation sites (tertiary alicyclic amines) is 1. The lowest BCUT2D eigenvalue weighted by Gasteiger charge is -2.19. The van der Waals surface area contributed by atoms with Crippen LogP contribution in [0.3, 0.4) is 0 Å². The highest BCUT2D eigenvalue weighted by Crippen LogP contribution is 2.31. The van der Waals surface area contributed by atoms with Crippen LogP contribution in [0.15, 0.2) is 23.8 Å². The quantitative estimate of drug-likeness (QED) is 0.731. The number of hydrogen-bond acceptors (Lipinski definition) is 3. The number of rotatable bonds is 3. The average Bonchev–Trinajstić information content (AvgIpc) is 2.86. The Hall–Kier alpha value is -1.91. The van der Waals surface area contributed by atoms with Gasteiger partial charge in [0.1, 0.15) is 6.04 Å². The Morgan fingerprint density at radius 3 is 2.76 bits per heavy atom. The van der Waals surface area contributed by atoms with Crippen molar-refractivity contribution < 1.29 is 19.5 Å². The molecule has 2 unspecified atom stereocenters. The summed E-state index contributed by atoms with van der Waals surface area (Å²) in [5.41, 5.74) is 0.892. The summed E-state index contributed by atoms with van der Waals surface area (Å²) in [7, 11) is 0. The molecular weight excluding hydrogens is 222 g/mol. The van der Waals surface area contributed by atoms with Crippen LogP contribution >= 0.6 is 0 Å². The molecule has 0 bridgehead atoms. The van der Waals surface area contributed by atoms with Crippen molar-refractivity contribution in [1.82, 2.24) is 4.90 Å². The normalized spacial score (nSPS) is 25.4. The number of amides is 2. The Morgan fingerprint density at radius 1 is 1.53 bits per heavy atom. The standard InChI is InChI=1S/C12H13NO4/c1-7(12(16)17)13-10(14)6-9(11(13)15)8-4-2-3-5-8/h2-4,7,9H,5-6H2,1H3,(H,16,17). The number of hydrogen-bond donors (Lipinski definition) is 1. The third-order valence-electron chi connectivity index (χ3n) is 3.18. The van der Waals surface area contributed by atoms with Crippen molar-refractivity contribution in [3.8, 4) is 0 Å². The van der Waals surface area contributed by atoms with Gasteiger partial charge >= 0.3 is 5.97 Å². The van der Waals surface area contributed by atoms with E-state index >= 15 is 0 Å². The molecule has 2 aliphatic rings. The smallest absolute Gasteiger partial charge is 0.326 e. The molecular formula is C12H13NO4. The van der Waals surface area contributed by atoms with Crippen LogP contribution in [0, 0.1) is 5.92 Å². The van der Waals surface area contributed by atoms with Crippen molar-refractivity contribution in [1.29, 1.82) is 0 Å². The predicted octanol–water partition coefficient (Wildman–Crippen LogP) is 0.721. The summed E-state index contributed by atoms with van der Waals surface area (Å²) in [5.74, 6) is -2.42. The first-order valence-corrected chi connectivity index (χ1v) is 5.46. The van der Waals surface area contributed by atoms with Gasteiger partial charge in [-0.15, -0.1) is 0 Å². The highest BCUT2D eigenvalue weighted by molar-refractivity contribution is 6.07. The highest BCUT2D eigenvalue weighted by atomic mass is 16.4. The van der Waals surface area contributed by atoms with Gasteiger partial charge in [0.15, 0.2) is 0 Å². The zero-order chi connectivity index (χ0) is 12.6. The van der Waals surface area contributed by atoms with Crippen LogP contribution < -0.4 is 0 Å². The van der Waals surface area contributed by atoms with Crippen LogP contribution in [-0.2, 0) is 14.4 Å². The Morgan fingerprint density at radius 2 is 2.24 bits per heavy atom. The molecule has 0 aromatic carbocycles. The van der Waals surface area contributed by atoms with Crippen LogP contribution in [0.1, 0.15) is 19.8 Å². The fourth-order valence-electron chi connectivity index (χ4n) is 2.18. The molecule has 1 N–H and O–H groups in total. The second-order valence-corrected chi connectivity index (χ2v) is 4.25. The molecule has 2 rings (SSSR count). The van der Waals surface area contributed by atoms with Gasteiger partial charge in [-0.05, 0) is 13.3 Å². The molecule has 1 aliphatic heterocycles. The lowest BCUT2D eigenvalue weighted by atomic mass is 9.97. The van der Waals surface area contributed by atoms with Gasteiger partial charge in [-0.3, -0.25) is 14.5 Å². The number of carboxylic acids is 1. The highest BCUT2D eigenvalue weighted by Gasteiger charge is 2.44. The number of carboxylic acid groups (broad SMARTS) is 1. The fourth-order valence-corrected chi connectivity index (χ4v) is 2.18. The van der Waals surface area contributed by atoms with Gasteiger partial charge in [-0.2, -0.15) is 0 Å². The fraction of sp³-hybridized carbons (Fsp3) is 0.417. The van der Waals surface area contributed by atoms with Crippen LogP contribution in [0.4, 0.5) is 0 Å². The van der Waals surface area contributed by atoms with Gasteiger partial charge in [0.25, 0.3) is 0 Å². The molecule has 1 fully saturated rings. The summed E-state index contributed by atoms with van der Waals surface area (Å²) in [5, 5.41) is 8.86.